The van der Waals surface area contributed by atoms with Crippen LogP contribution in [0.1, 0.15) is 91.4 Å². The molecule has 4 amide bonds. The number of carbonyl (C=O) groups is 5. The number of alkyl carbamates (subject to hydrolysis) is 1. The maximum absolute atomic E-state index is 14.2. The maximum Gasteiger partial charge on any atom is 0.408 e. The number of hydrogen-bond donors (Lipinski definition) is 3. The van der Waals surface area contributed by atoms with Crippen LogP contribution in [0.4, 0.5) is 4.79 Å². The molecule has 3 saturated carbocycles. The minimum atomic E-state index is -0.983. The molecular weight excluding hydrogens is 524 g/mol. The Hall–Kier alpha value is -2.91. The molecule has 0 aromatic rings. The predicted octanol–water partition coefficient (Wildman–Crippen LogP) is 3.24. The Kier molecular flexibility index (Phi) is 10.1. The predicted molar refractivity (Wildman–Crippen MR) is 154 cm³/mol. The third-order valence-corrected chi connectivity index (χ3v) is 9.84. The van der Waals surface area contributed by atoms with Gasteiger partial charge in [0.1, 0.15) is 18.2 Å². The fraction of sp³-hybridized carbons (Fsp3) is 0.774. The van der Waals surface area contributed by atoms with Gasteiger partial charge in [-0.05, 0) is 68.1 Å². The van der Waals surface area contributed by atoms with Gasteiger partial charge in [0.05, 0.1) is 6.04 Å². The third kappa shape index (κ3) is 6.95. The van der Waals surface area contributed by atoms with Crippen LogP contribution in [0.25, 0.3) is 0 Å². The molecule has 3 unspecified atom stereocenters. The monoisotopic (exact) mass is 572 g/mol. The first-order valence-corrected chi connectivity index (χ1v) is 15.6. The molecule has 0 bridgehead atoms. The zero-order valence-electron chi connectivity index (χ0n) is 24.9. The molecule has 0 spiro atoms. The molecule has 0 aromatic heterocycles. The van der Waals surface area contributed by atoms with Crippen molar-refractivity contribution in [1.29, 1.82) is 0 Å². The highest BCUT2D eigenvalue weighted by atomic mass is 16.6. The maximum atomic E-state index is 14.2. The Morgan fingerprint density at radius 3 is 2.29 bits per heavy atom. The first-order chi connectivity index (χ1) is 19.6. The van der Waals surface area contributed by atoms with Crippen molar-refractivity contribution >= 4 is 29.6 Å². The lowest BCUT2D eigenvalue weighted by Gasteiger charge is -2.37. The largest absolute Gasteiger partial charge is 0.446 e. The van der Waals surface area contributed by atoms with E-state index in [1.165, 1.54) is 6.08 Å². The number of nitrogens with one attached hydrogen (secondary N) is 3. The van der Waals surface area contributed by atoms with Crippen molar-refractivity contribution in [2.45, 2.75) is 116 Å². The summed E-state index contributed by atoms with van der Waals surface area (Å²) in [6.45, 7) is 10.2. The summed E-state index contributed by atoms with van der Waals surface area (Å²) in [4.78, 5) is 67.9. The summed E-state index contributed by atoms with van der Waals surface area (Å²) < 4.78 is 5.66. The van der Waals surface area contributed by atoms with Crippen molar-refractivity contribution in [2.75, 3.05) is 13.1 Å². The van der Waals surface area contributed by atoms with E-state index in [1.54, 1.807) is 4.90 Å². The zero-order valence-corrected chi connectivity index (χ0v) is 24.9. The van der Waals surface area contributed by atoms with Crippen molar-refractivity contribution in [3.63, 3.8) is 0 Å². The molecule has 41 heavy (non-hydrogen) atoms. The second kappa shape index (κ2) is 13.4. The Morgan fingerprint density at radius 2 is 1.66 bits per heavy atom. The molecule has 1 saturated heterocycles. The van der Waals surface area contributed by atoms with E-state index in [-0.39, 0.29) is 41.7 Å². The van der Waals surface area contributed by atoms with Gasteiger partial charge in [0, 0.05) is 13.1 Å². The number of fused-ring (bicyclic) bond motifs is 1. The summed E-state index contributed by atoms with van der Waals surface area (Å²) in [5, 5.41) is 8.23. The molecule has 4 aliphatic rings. The van der Waals surface area contributed by atoms with Gasteiger partial charge in [-0.2, -0.15) is 0 Å². The lowest BCUT2D eigenvalue weighted by atomic mass is 9.83. The highest BCUT2D eigenvalue weighted by Gasteiger charge is 2.69. The number of Topliss-reactive ketones (excluding diaryl/α,β-unsaturated/α-hetero) is 1. The van der Waals surface area contributed by atoms with Crippen LogP contribution in [-0.2, 0) is 23.9 Å². The van der Waals surface area contributed by atoms with Crippen LogP contribution in [-0.4, -0.2) is 71.8 Å². The van der Waals surface area contributed by atoms with E-state index in [4.69, 9.17) is 4.74 Å². The lowest BCUT2D eigenvalue weighted by Crippen LogP contribution is -2.59. The molecule has 3 aliphatic carbocycles. The SMILES string of the molecule is C=CCNC(=O)C(=O)C(CCC)NC(=O)[C@@H]1C2C(CN1C(=O)[C@@H](NC(=O)OC1CCCC1)C1CCCCC1)C2(C)C. The molecule has 5 atom stereocenters. The summed E-state index contributed by atoms with van der Waals surface area (Å²) in [7, 11) is 0. The van der Waals surface area contributed by atoms with Gasteiger partial charge < -0.3 is 25.6 Å². The number of amides is 4. The zero-order chi connectivity index (χ0) is 29.7. The molecule has 228 valence electrons. The number of hydrogen-bond acceptors (Lipinski definition) is 6. The summed E-state index contributed by atoms with van der Waals surface area (Å²) in [5.74, 6) is -2.09. The van der Waals surface area contributed by atoms with Crippen LogP contribution in [0, 0.1) is 23.2 Å². The highest BCUT2D eigenvalue weighted by Crippen LogP contribution is 2.65. The highest BCUT2D eigenvalue weighted by molar-refractivity contribution is 6.38. The van der Waals surface area contributed by atoms with Crippen molar-refractivity contribution < 1.29 is 28.7 Å². The number of rotatable bonds is 12. The van der Waals surface area contributed by atoms with Gasteiger partial charge in [-0.15, -0.1) is 6.58 Å². The van der Waals surface area contributed by atoms with Gasteiger partial charge in [0.15, 0.2) is 0 Å². The van der Waals surface area contributed by atoms with Crippen molar-refractivity contribution in [2.24, 2.45) is 23.2 Å². The molecule has 4 rings (SSSR count). The Bertz CT molecular complexity index is 1020. The van der Waals surface area contributed by atoms with Crippen LogP contribution in [0.2, 0.25) is 0 Å². The molecule has 1 aliphatic heterocycles. The van der Waals surface area contributed by atoms with Crippen molar-refractivity contribution in [3.05, 3.63) is 12.7 Å². The van der Waals surface area contributed by atoms with E-state index in [9.17, 15) is 24.0 Å². The number of ether oxygens (including phenoxy) is 1. The molecule has 10 nitrogen and oxygen atoms in total. The smallest absolute Gasteiger partial charge is 0.408 e. The fourth-order valence-corrected chi connectivity index (χ4v) is 7.38. The third-order valence-electron chi connectivity index (χ3n) is 9.84. The molecule has 0 aromatic carbocycles. The topological polar surface area (TPSA) is 134 Å². The molecule has 3 N–H and O–H groups in total. The summed E-state index contributed by atoms with van der Waals surface area (Å²) >= 11 is 0. The standard InChI is InChI=1S/C31H48N4O6/c1-5-12-22(26(36)28(38)32-17-6-2)33-27(37)25-23-21(31(23,3)4)18-35(25)29(39)24(19-13-8-7-9-14-19)34-30(40)41-20-15-10-11-16-20/h6,19-25H,2,5,7-18H2,1,3-4H3,(H,32,38)(H,33,37)(H,34,40)/t21?,22?,23?,24-,25-/m0/s1. The molecule has 0 radical (unpaired) electrons. The number of piperidine rings is 1. The average Bonchev–Trinajstić information content (AvgIpc) is 3.38. The van der Waals surface area contributed by atoms with Crippen LogP contribution in [0.5, 0.6) is 0 Å². The van der Waals surface area contributed by atoms with E-state index in [1.807, 2.05) is 6.92 Å². The molecule has 4 fully saturated rings. The van der Waals surface area contributed by atoms with E-state index >= 15 is 0 Å². The van der Waals surface area contributed by atoms with Crippen LogP contribution in [0.15, 0.2) is 12.7 Å². The summed E-state index contributed by atoms with van der Waals surface area (Å²) in [6.07, 6.45) is 10.2. The number of nitrogens with zero attached hydrogens (tertiary/aromatic N) is 1. The number of carbonyl (C=O) groups excluding carboxylic acids is 5. The number of likely N-dealkylation sites (tertiary alicyclic amines) is 1. The Balaban J connectivity index is 1.52. The summed E-state index contributed by atoms with van der Waals surface area (Å²) in [5.41, 5.74) is -0.125. The second-order valence-electron chi connectivity index (χ2n) is 12.9. The minimum Gasteiger partial charge on any atom is -0.446 e. The van der Waals surface area contributed by atoms with Gasteiger partial charge in [0.25, 0.3) is 5.91 Å². The normalized spacial score (nSPS) is 26.8. The van der Waals surface area contributed by atoms with Crippen molar-refractivity contribution in [3.8, 4) is 0 Å². The lowest BCUT2D eigenvalue weighted by molar-refractivity contribution is -0.145. The Morgan fingerprint density at radius 1 is 1.00 bits per heavy atom. The summed E-state index contributed by atoms with van der Waals surface area (Å²) in [6, 6.07) is -2.52. The molecule has 10 heteroatoms. The van der Waals surface area contributed by atoms with E-state index in [0.29, 0.717) is 19.4 Å². The fourth-order valence-electron chi connectivity index (χ4n) is 7.38. The molecular formula is C31H48N4O6. The molecule has 1 heterocycles. The first-order valence-electron chi connectivity index (χ1n) is 15.6. The van der Waals surface area contributed by atoms with Gasteiger partial charge >= 0.3 is 6.09 Å². The van der Waals surface area contributed by atoms with Gasteiger partial charge in [-0.25, -0.2) is 4.79 Å². The average molecular weight is 573 g/mol. The van der Waals surface area contributed by atoms with E-state index in [2.05, 4.69) is 36.4 Å². The van der Waals surface area contributed by atoms with Gasteiger partial charge in [-0.1, -0.05) is 52.5 Å². The van der Waals surface area contributed by atoms with Crippen LogP contribution >= 0.6 is 0 Å². The Labute approximate surface area is 243 Å². The first kappa shape index (κ1) is 31.0. The van der Waals surface area contributed by atoms with Crippen molar-refractivity contribution in [1.82, 2.24) is 20.9 Å². The second-order valence-corrected chi connectivity index (χ2v) is 12.9. The minimum absolute atomic E-state index is 0.0241. The van der Waals surface area contributed by atoms with Crippen LogP contribution < -0.4 is 16.0 Å². The van der Waals surface area contributed by atoms with E-state index in [0.717, 1.165) is 57.8 Å². The van der Waals surface area contributed by atoms with E-state index < -0.39 is 41.8 Å². The number of ketones is 1. The van der Waals surface area contributed by atoms with Crippen LogP contribution in [0.3, 0.4) is 0 Å². The quantitative estimate of drug-likeness (QED) is 0.243. The van der Waals surface area contributed by atoms with Gasteiger partial charge in [0.2, 0.25) is 17.6 Å². The van der Waals surface area contributed by atoms with Gasteiger partial charge in [-0.3, -0.25) is 19.2 Å².